The van der Waals surface area contributed by atoms with Crippen LogP contribution < -0.4 is 16.4 Å². The van der Waals surface area contributed by atoms with E-state index in [1.165, 1.54) is 4.90 Å². The van der Waals surface area contributed by atoms with E-state index in [0.29, 0.717) is 12.8 Å². The third-order valence-electron chi connectivity index (χ3n) is 5.15. The number of nitrogens with one attached hydrogen (secondary N) is 2. The number of aliphatic carboxylic acids is 3. The first kappa shape index (κ1) is 27.8. The number of hydrogen-bond acceptors (Lipinski definition) is 7. The standard InChI is InChI=1S/C20H32N4O9/c1-10(2)8-13(17(29)22-12(20(32)33)5-6-15(25)26)23-18(30)14-4-3-7-24(14)19(31)11(21)9-16(27)28/h10-14H,3-9,21H2,1-2H3,(H,22,29)(H,23,30)(H,25,26)(H,27,28)(H,32,33). The van der Waals surface area contributed by atoms with Gasteiger partial charge in [-0.3, -0.25) is 24.0 Å². The molecule has 0 aliphatic carbocycles. The molecule has 13 nitrogen and oxygen atoms in total. The summed E-state index contributed by atoms with van der Waals surface area (Å²) >= 11 is 0. The lowest BCUT2D eigenvalue weighted by Gasteiger charge is -2.28. The van der Waals surface area contributed by atoms with Crippen molar-refractivity contribution in [3.8, 4) is 0 Å². The Bertz CT molecular complexity index is 771. The summed E-state index contributed by atoms with van der Waals surface area (Å²) in [5, 5.41) is 31.7. The predicted molar refractivity (Wildman–Crippen MR) is 113 cm³/mol. The quantitative estimate of drug-likeness (QED) is 0.187. The Balaban J connectivity index is 2.91. The van der Waals surface area contributed by atoms with Crippen LogP contribution in [0.3, 0.4) is 0 Å². The van der Waals surface area contributed by atoms with Gasteiger partial charge >= 0.3 is 17.9 Å². The Labute approximate surface area is 190 Å². The van der Waals surface area contributed by atoms with E-state index < -0.39 is 72.6 Å². The molecule has 7 N–H and O–H groups in total. The molecular formula is C20H32N4O9. The van der Waals surface area contributed by atoms with Crippen LogP contribution in [0.4, 0.5) is 0 Å². The molecule has 186 valence electrons. The number of likely N-dealkylation sites (tertiary alicyclic amines) is 1. The normalized spacial score (nSPS) is 18.3. The Kier molecular flexibility index (Phi) is 10.7. The van der Waals surface area contributed by atoms with Gasteiger partial charge in [0.05, 0.1) is 12.5 Å². The molecule has 1 aliphatic heterocycles. The van der Waals surface area contributed by atoms with E-state index in [9.17, 15) is 33.9 Å². The van der Waals surface area contributed by atoms with Crippen molar-refractivity contribution in [1.29, 1.82) is 0 Å². The molecule has 13 heteroatoms. The number of carbonyl (C=O) groups excluding carboxylic acids is 3. The minimum Gasteiger partial charge on any atom is -0.481 e. The molecule has 0 aromatic rings. The highest BCUT2D eigenvalue weighted by Gasteiger charge is 2.38. The van der Waals surface area contributed by atoms with Crippen LogP contribution in [0.25, 0.3) is 0 Å². The molecule has 4 unspecified atom stereocenters. The smallest absolute Gasteiger partial charge is 0.326 e. The maximum Gasteiger partial charge on any atom is 0.326 e. The highest BCUT2D eigenvalue weighted by atomic mass is 16.4. The second-order valence-electron chi connectivity index (χ2n) is 8.42. The fraction of sp³-hybridized carbons (Fsp3) is 0.700. The van der Waals surface area contributed by atoms with E-state index in [-0.39, 0.29) is 25.3 Å². The third kappa shape index (κ3) is 9.04. The fourth-order valence-corrected chi connectivity index (χ4v) is 3.56. The summed E-state index contributed by atoms with van der Waals surface area (Å²) in [6, 6.07) is -4.81. The first-order valence-corrected chi connectivity index (χ1v) is 10.7. The topological polar surface area (TPSA) is 216 Å². The number of nitrogens with zero attached hydrogens (tertiary/aromatic N) is 1. The SMILES string of the molecule is CC(C)CC(NC(=O)C1CCCN1C(=O)C(N)CC(=O)O)C(=O)NC(CCC(=O)O)C(=O)O. The average Bonchev–Trinajstić information content (AvgIpc) is 3.18. The molecule has 1 saturated heterocycles. The van der Waals surface area contributed by atoms with Gasteiger partial charge in [0.15, 0.2) is 0 Å². The highest BCUT2D eigenvalue weighted by molar-refractivity contribution is 5.95. The lowest BCUT2D eigenvalue weighted by atomic mass is 10.0. The van der Waals surface area contributed by atoms with E-state index >= 15 is 0 Å². The summed E-state index contributed by atoms with van der Waals surface area (Å²) < 4.78 is 0. The van der Waals surface area contributed by atoms with Crippen molar-refractivity contribution in [2.45, 2.75) is 76.5 Å². The predicted octanol–water partition coefficient (Wildman–Crippen LogP) is -1.26. The monoisotopic (exact) mass is 472 g/mol. The van der Waals surface area contributed by atoms with Crippen molar-refractivity contribution in [2.75, 3.05) is 6.54 Å². The second kappa shape index (κ2) is 12.7. The number of carboxylic acid groups (broad SMARTS) is 3. The average molecular weight is 472 g/mol. The van der Waals surface area contributed by atoms with Gasteiger partial charge in [-0.05, 0) is 31.6 Å². The van der Waals surface area contributed by atoms with Gasteiger partial charge in [-0.15, -0.1) is 0 Å². The van der Waals surface area contributed by atoms with E-state index in [1.54, 1.807) is 13.8 Å². The van der Waals surface area contributed by atoms with Crippen LogP contribution >= 0.6 is 0 Å². The summed E-state index contributed by atoms with van der Waals surface area (Å²) in [6.45, 7) is 3.80. The first-order chi connectivity index (χ1) is 15.3. The van der Waals surface area contributed by atoms with Crippen LogP contribution in [0.5, 0.6) is 0 Å². The Morgan fingerprint density at radius 2 is 1.64 bits per heavy atom. The molecule has 0 aromatic carbocycles. The maximum absolute atomic E-state index is 12.9. The van der Waals surface area contributed by atoms with Crippen LogP contribution in [0, 0.1) is 5.92 Å². The molecule has 1 heterocycles. The fourth-order valence-electron chi connectivity index (χ4n) is 3.56. The van der Waals surface area contributed by atoms with E-state index in [0.717, 1.165) is 0 Å². The molecule has 1 rings (SSSR count). The van der Waals surface area contributed by atoms with E-state index in [2.05, 4.69) is 10.6 Å². The van der Waals surface area contributed by atoms with Crippen molar-refractivity contribution in [1.82, 2.24) is 15.5 Å². The summed E-state index contributed by atoms with van der Waals surface area (Å²) in [7, 11) is 0. The molecule has 1 fully saturated rings. The van der Waals surface area contributed by atoms with E-state index in [1.807, 2.05) is 0 Å². The highest BCUT2D eigenvalue weighted by Crippen LogP contribution is 2.19. The number of amides is 3. The Morgan fingerprint density at radius 3 is 2.15 bits per heavy atom. The molecule has 4 atom stereocenters. The summed E-state index contributed by atoms with van der Waals surface area (Å²) in [4.78, 5) is 72.3. The van der Waals surface area contributed by atoms with Crippen LogP contribution in [-0.4, -0.2) is 86.6 Å². The minimum absolute atomic E-state index is 0.0614. The largest absolute Gasteiger partial charge is 0.481 e. The lowest BCUT2D eigenvalue weighted by Crippen LogP contribution is -2.57. The van der Waals surface area contributed by atoms with Crippen molar-refractivity contribution >= 4 is 35.6 Å². The molecule has 0 saturated carbocycles. The lowest BCUT2D eigenvalue weighted by molar-refractivity contribution is -0.144. The molecule has 0 aromatic heterocycles. The molecule has 0 spiro atoms. The van der Waals surface area contributed by atoms with Crippen molar-refractivity contribution < 1.29 is 44.1 Å². The first-order valence-electron chi connectivity index (χ1n) is 10.7. The summed E-state index contributed by atoms with van der Waals surface area (Å²) in [5.41, 5.74) is 5.64. The van der Waals surface area contributed by atoms with Gasteiger partial charge in [0.1, 0.15) is 18.1 Å². The van der Waals surface area contributed by atoms with Gasteiger partial charge in [-0.1, -0.05) is 13.8 Å². The zero-order chi connectivity index (χ0) is 25.3. The van der Waals surface area contributed by atoms with Gasteiger partial charge < -0.3 is 36.6 Å². The number of nitrogens with two attached hydrogens (primary N) is 1. The maximum atomic E-state index is 12.9. The van der Waals surface area contributed by atoms with Crippen LogP contribution in [0.2, 0.25) is 0 Å². The van der Waals surface area contributed by atoms with Crippen molar-refractivity contribution in [3.63, 3.8) is 0 Å². The van der Waals surface area contributed by atoms with Crippen LogP contribution in [-0.2, 0) is 28.8 Å². The molecular weight excluding hydrogens is 440 g/mol. The Hall–Kier alpha value is -3.22. The van der Waals surface area contributed by atoms with Gasteiger partial charge in [0, 0.05) is 13.0 Å². The molecule has 0 radical (unpaired) electrons. The zero-order valence-electron chi connectivity index (χ0n) is 18.7. The van der Waals surface area contributed by atoms with Crippen molar-refractivity contribution in [2.24, 2.45) is 11.7 Å². The number of hydrogen-bond donors (Lipinski definition) is 6. The van der Waals surface area contributed by atoms with E-state index in [4.69, 9.17) is 15.9 Å². The van der Waals surface area contributed by atoms with Crippen LogP contribution in [0.15, 0.2) is 0 Å². The van der Waals surface area contributed by atoms with Gasteiger partial charge in [-0.25, -0.2) is 4.79 Å². The molecule has 33 heavy (non-hydrogen) atoms. The minimum atomic E-state index is -1.45. The van der Waals surface area contributed by atoms with Crippen LogP contribution in [0.1, 0.15) is 52.4 Å². The van der Waals surface area contributed by atoms with Gasteiger partial charge in [-0.2, -0.15) is 0 Å². The number of carbonyl (C=O) groups is 6. The molecule has 3 amide bonds. The van der Waals surface area contributed by atoms with Gasteiger partial charge in [0.2, 0.25) is 17.7 Å². The summed E-state index contributed by atoms with van der Waals surface area (Å²) in [6.07, 6.45) is -0.430. The summed E-state index contributed by atoms with van der Waals surface area (Å²) in [5.74, 6) is -6.03. The number of carboxylic acids is 3. The zero-order valence-corrected chi connectivity index (χ0v) is 18.7. The molecule has 1 aliphatic rings. The molecule has 0 bridgehead atoms. The number of rotatable bonds is 13. The third-order valence-corrected chi connectivity index (χ3v) is 5.15. The Morgan fingerprint density at radius 1 is 1.00 bits per heavy atom. The van der Waals surface area contributed by atoms with Gasteiger partial charge in [0.25, 0.3) is 0 Å². The second-order valence-corrected chi connectivity index (χ2v) is 8.42. The van der Waals surface area contributed by atoms with Crippen molar-refractivity contribution in [3.05, 3.63) is 0 Å².